The minimum absolute atomic E-state index is 0.211. The van der Waals surface area contributed by atoms with Gasteiger partial charge in [-0.25, -0.2) is 0 Å². The van der Waals surface area contributed by atoms with Gasteiger partial charge < -0.3 is 0 Å². The fourth-order valence-electron chi connectivity index (χ4n) is 5.86. The molecule has 5 rings (SSSR count). The van der Waals surface area contributed by atoms with Crippen LogP contribution < -0.4 is 0 Å². The molecule has 0 amide bonds. The molecule has 0 spiro atoms. The van der Waals surface area contributed by atoms with E-state index in [4.69, 9.17) is 0 Å². The number of hydrogen-bond donors (Lipinski definition) is 0. The van der Waals surface area contributed by atoms with Crippen molar-refractivity contribution in [2.45, 2.75) is 67.2 Å². The van der Waals surface area contributed by atoms with Gasteiger partial charge in [-0.2, -0.15) is 0 Å². The van der Waals surface area contributed by atoms with Crippen LogP contribution in [0.3, 0.4) is 0 Å². The Morgan fingerprint density at radius 3 is 2.00 bits per heavy atom. The molecule has 0 aromatic rings. The van der Waals surface area contributed by atoms with Crippen molar-refractivity contribution in [1.82, 2.24) is 0 Å². The lowest BCUT2D eigenvalue weighted by molar-refractivity contribution is 0.567. The van der Waals surface area contributed by atoms with Crippen LogP contribution in [0.25, 0.3) is 0 Å². The lowest BCUT2D eigenvalue weighted by Gasteiger charge is -2.27. The lowest BCUT2D eigenvalue weighted by atomic mass is 9.76. The van der Waals surface area contributed by atoms with E-state index in [1.165, 1.54) is 25.7 Å². The first-order valence-corrected chi connectivity index (χ1v) is 10.1. The molecule has 5 aliphatic carbocycles. The Kier molecular flexibility index (Phi) is 3.00. The normalized spacial score (nSPS) is 26.2. The molecule has 0 radical (unpaired) electrons. The molecule has 0 bridgehead atoms. The molecule has 0 aromatic heterocycles. The van der Waals surface area contributed by atoms with Crippen molar-refractivity contribution in [2.75, 3.05) is 0 Å². The van der Waals surface area contributed by atoms with Crippen LogP contribution in [0.5, 0.6) is 0 Å². The largest absolute Gasteiger partial charge is 0.0630 e. The first kappa shape index (κ1) is 15.7. The Morgan fingerprint density at radius 2 is 1.32 bits per heavy atom. The molecule has 0 saturated carbocycles. The minimum atomic E-state index is 0.211. The molecule has 0 heteroatoms. The first-order valence-electron chi connectivity index (χ1n) is 10.1. The van der Waals surface area contributed by atoms with Gasteiger partial charge in [0.25, 0.3) is 0 Å². The summed E-state index contributed by atoms with van der Waals surface area (Å²) in [5.41, 5.74) is 17.0. The standard InChI is InChI=1S/C25H30/c1-13(2)15-7-17-10-21-19(18(17)8-15)12-22-20-9-16(14(3)4)11-23(20)25(5,6)24(21)22/h7,11,13-14H,8-10,12H2,1-6H3. The summed E-state index contributed by atoms with van der Waals surface area (Å²) in [5, 5.41) is 0. The SMILES string of the molecule is CC(C)C1=CC2=C(C1)C1=C(C2)C2=C(C1)C1=C(C=C(C(C)C)C1)C2(C)C. The van der Waals surface area contributed by atoms with E-state index in [-0.39, 0.29) is 5.41 Å². The van der Waals surface area contributed by atoms with Crippen molar-refractivity contribution >= 4 is 0 Å². The summed E-state index contributed by atoms with van der Waals surface area (Å²) in [6.45, 7) is 14.3. The van der Waals surface area contributed by atoms with E-state index in [1.807, 2.05) is 0 Å². The number of rotatable bonds is 2. The number of fused-ring (bicyclic) bond motifs is 3. The van der Waals surface area contributed by atoms with Crippen LogP contribution in [-0.2, 0) is 0 Å². The second kappa shape index (κ2) is 4.78. The summed E-state index contributed by atoms with van der Waals surface area (Å²) in [7, 11) is 0. The van der Waals surface area contributed by atoms with Crippen molar-refractivity contribution in [2.24, 2.45) is 17.3 Å². The van der Waals surface area contributed by atoms with Gasteiger partial charge in [0.2, 0.25) is 0 Å². The van der Waals surface area contributed by atoms with E-state index in [0.29, 0.717) is 11.8 Å². The van der Waals surface area contributed by atoms with Crippen LogP contribution in [0.15, 0.2) is 67.9 Å². The van der Waals surface area contributed by atoms with Crippen LogP contribution >= 0.6 is 0 Å². The third-order valence-electron chi connectivity index (χ3n) is 7.36. The second-order valence-electron chi connectivity index (χ2n) is 9.79. The molecule has 0 atom stereocenters. The highest BCUT2D eigenvalue weighted by Crippen LogP contribution is 2.63. The van der Waals surface area contributed by atoms with Gasteiger partial charge in [-0.1, -0.05) is 64.8 Å². The minimum Gasteiger partial charge on any atom is -0.0630 e. The maximum absolute atomic E-state index is 2.55. The monoisotopic (exact) mass is 330 g/mol. The Hall–Kier alpha value is -1.56. The number of allylic oxidation sites excluding steroid dienone is 12. The molecule has 0 aromatic carbocycles. The summed E-state index contributed by atoms with van der Waals surface area (Å²) in [4.78, 5) is 0. The molecule has 0 saturated heterocycles. The fourth-order valence-corrected chi connectivity index (χ4v) is 5.86. The van der Waals surface area contributed by atoms with E-state index < -0.39 is 0 Å². The zero-order valence-electron chi connectivity index (χ0n) is 16.6. The predicted octanol–water partition coefficient (Wildman–Crippen LogP) is 6.99. The van der Waals surface area contributed by atoms with Crippen LogP contribution in [0.1, 0.15) is 67.2 Å². The molecule has 0 aliphatic heterocycles. The number of hydrogen-bond acceptors (Lipinski definition) is 0. The molecule has 25 heavy (non-hydrogen) atoms. The highest BCUT2D eigenvalue weighted by atomic mass is 14.5. The molecule has 130 valence electrons. The van der Waals surface area contributed by atoms with E-state index in [0.717, 1.165) is 0 Å². The molecule has 0 N–H and O–H groups in total. The Bertz CT molecular complexity index is 898. The van der Waals surface area contributed by atoms with Crippen molar-refractivity contribution in [3.63, 3.8) is 0 Å². The maximum atomic E-state index is 2.55. The highest BCUT2D eigenvalue weighted by Gasteiger charge is 2.48. The van der Waals surface area contributed by atoms with Crippen LogP contribution in [-0.4, -0.2) is 0 Å². The molecule has 0 unspecified atom stereocenters. The molecular weight excluding hydrogens is 300 g/mol. The average Bonchev–Trinajstić information content (AvgIpc) is 3.25. The smallest absolute Gasteiger partial charge is 0.0155 e. The average molecular weight is 331 g/mol. The van der Waals surface area contributed by atoms with Crippen LogP contribution in [0, 0.1) is 17.3 Å². The summed E-state index contributed by atoms with van der Waals surface area (Å²) in [6, 6.07) is 0. The maximum Gasteiger partial charge on any atom is 0.0155 e. The van der Waals surface area contributed by atoms with Gasteiger partial charge in [0, 0.05) is 5.41 Å². The van der Waals surface area contributed by atoms with Crippen LogP contribution in [0.4, 0.5) is 0 Å². The topological polar surface area (TPSA) is 0 Å². The molecule has 5 aliphatic rings. The Balaban J connectivity index is 1.47. The molecule has 0 fully saturated rings. The highest BCUT2D eigenvalue weighted by molar-refractivity contribution is 5.76. The Morgan fingerprint density at radius 1 is 0.680 bits per heavy atom. The van der Waals surface area contributed by atoms with Crippen molar-refractivity contribution < 1.29 is 0 Å². The van der Waals surface area contributed by atoms with E-state index in [2.05, 4.69) is 53.7 Å². The lowest BCUT2D eigenvalue weighted by Crippen LogP contribution is -2.15. The van der Waals surface area contributed by atoms with Gasteiger partial charge in [0.1, 0.15) is 0 Å². The summed E-state index contributed by atoms with van der Waals surface area (Å²) in [6.07, 6.45) is 9.91. The zero-order valence-corrected chi connectivity index (χ0v) is 16.6. The zero-order chi connectivity index (χ0) is 17.7. The van der Waals surface area contributed by atoms with Gasteiger partial charge >= 0.3 is 0 Å². The molecule has 0 heterocycles. The van der Waals surface area contributed by atoms with Gasteiger partial charge in [0.15, 0.2) is 0 Å². The third kappa shape index (κ3) is 1.89. The first-order chi connectivity index (χ1) is 11.8. The predicted molar refractivity (Wildman–Crippen MR) is 106 cm³/mol. The summed E-state index contributed by atoms with van der Waals surface area (Å²) >= 11 is 0. The van der Waals surface area contributed by atoms with Crippen molar-refractivity contribution in [1.29, 1.82) is 0 Å². The van der Waals surface area contributed by atoms with Gasteiger partial charge in [0.05, 0.1) is 0 Å². The Labute approximate surface area is 152 Å². The van der Waals surface area contributed by atoms with E-state index in [1.54, 1.807) is 55.7 Å². The summed E-state index contributed by atoms with van der Waals surface area (Å²) < 4.78 is 0. The van der Waals surface area contributed by atoms with Gasteiger partial charge in [-0.15, -0.1) is 0 Å². The third-order valence-corrected chi connectivity index (χ3v) is 7.36. The van der Waals surface area contributed by atoms with Crippen molar-refractivity contribution in [3.8, 4) is 0 Å². The van der Waals surface area contributed by atoms with Gasteiger partial charge in [-0.3, -0.25) is 0 Å². The van der Waals surface area contributed by atoms with Gasteiger partial charge in [-0.05, 0) is 82.1 Å². The quantitative estimate of drug-likeness (QED) is 0.511. The van der Waals surface area contributed by atoms with Crippen molar-refractivity contribution in [3.05, 3.63) is 67.9 Å². The summed E-state index contributed by atoms with van der Waals surface area (Å²) in [5.74, 6) is 1.36. The second-order valence-corrected chi connectivity index (χ2v) is 9.79. The fraction of sp³-hybridized carbons (Fsp3) is 0.520. The molecular formula is C25H30. The van der Waals surface area contributed by atoms with Crippen LogP contribution in [0.2, 0.25) is 0 Å². The van der Waals surface area contributed by atoms with E-state index >= 15 is 0 Å². The van der Waals surface area contributed by atoms with E-state index in [9.17, 15) is 0 Å². The molecule has 0 nitrogen and oxygen atoms in total.